The SMILES string of the molecule is CC.CCC.CCC.c1ccc(-c2ccccc2)cc1.c1ccc(OC2CO2)cc1. The zero-order chi connectivity index (χ0) is 22.5. The van der Waals surface area contributed by atoms with Gasteiger partial charge in [0.2, 0.25) is 6.29 Å². The van der Waals surface area contributed by atoms with Gasteiger partial charge in [-0.3, -0.25) is 0 Å². The lowest BCUT2D eigenvalue weighted by atomic mass is 10.1. The van der Waals surface area contributed by atoms with Crippen LogP contribution in [0.15, 0.2) is 91.0 Å². The van der Waals surface area contributed by atoms with Gasteiger partial charge >= 0.3 is 0 Å². The molecule has 0 N–H and O–H groups in total. The molecule has 0 radical (unpaired) electrons. The van der Waals surface area contributed by atoms with Gasteiger partial charge in [-0.25, -0.2) is 0 Å². The summed E-state index contributed by atoms with van der Waals surface area (Å²) in [5, 5.41) is 0. The molecule has 0 spiro atoms. The number of benzene rings is 3. The van der Waals surface area contributed by atoms with Gasteiger partial charge in [0.15, 0.2) is 0 Å². The fourth-order valence-electron chi connectivity index (χ4n) is 2.02. The fourth-order valence-corrected chi connectivity index (χ4v) is 2.02. The van der Waals surface area contributed by atoms with E-state index in [2.05, 4.69) is 76.2 Å². The number of para-hydroxylation sites is 1. The fraction of sp³-hybridized carbons (Fsp3) is 0.357. The number of ether oxygens (including phenoxy) is 2. The molecule has 2 heteroatoms. The summed E-state index contributed by atoms with van der Waals surface area (Å²) in [6, 6.07) is 30.5. The summed E-state index contributed by atoms with van der Waals surface area (Å²) in [4.78, 5) is 0. The quantitative estimate of drug-likeness (QED) is 0.404. The Balaban J connectivity index is 0.000000422. The minimum atomic E-state index is 0.0161. The van der Waals surface area contributed by atoms with Gasteiger partial charge in [-0.2, -0.15) is 0 Å². The number of rotatable bonds is 3. The molecule has 2 nitrogen and oxygen atoms in total. The minimum absolute atomic E-state index is 0.0161. The van der Waals surface area contributed by atoms with E-state index in [1.165, 1.54) is 24.0 Å². The Morgan fingerprint density at radius 2 is 0.933 bits per heavy atom. The van der Waals surface area contributed by atoms with Crippen molar-refractivity contribution in [2.24, 2.45) is 0 Å². The number of epoxide rings is 1. The van der Waals surface area contributed by atoms with Crippen molar-refractivity contribution in [2.75, 3.05) is 6.61 Å². The summed E-state index contributed by atoms with van der Waals surface area (Å²) in [7, 11) is 0. The summed E-state index contributed by atoms with van der Waals surface area (Å²) < 4.78 is 10.2. The van der Waals surface area contributed by atoms with Crippen LogP contribution in [0.1, 0.15) is 54.4 Å². The second kappa shape index (κ2) is 19.7. The van der Waals surface area contributed by atoms with Crippen LogP contribution >= 0.6 is 0 Å². The number of hydrogen-bond donors (Lipinski definition) is 0. The standard InChI is InChI=1S/C12H10.C8H8O2.2C3H8.C2H6/c1-3-7-11(8-4-1)12-9-5-2-6-10-12;1-2-4-7(5-3-1)10-8-6-9-8;2*1-3-2;1-2/h1-10H;1-5,8H,6H2;2*3H2,1-2H3;1-2H3. The Kier molecular flexibility index (Phi) is 18.0. The molecule has 0 bridgehead atoms. The van der Waals surface area contributed by atoms with Crippen molar-refractivity contribution in [3.05, 3.63) is 91.0 Å². The second-order valence-corrected chi connectivity index (χ2v) is 6.34. The minimum Gasteiger partial charge on any atom is -0.462 e. The average molecular weight is 409 g/mol. The molecule has 4 rings (SSSR count). The lowest BCUT2D eigenvalue weighted by Crippen LogP contribution is -1.96. The summed E-state index contributed by atoms with van der Waals surface area (Å²) in [6.07, 6.45) is 2.52. The molecule has 1 heterocycles. The van der Waals surface area contributed by atoms with Crippen molar-refractivity contribution in [3.63, 3.8) is 0 Å². The van der Waals surface area contributed by atoms with E-state index in [-0.39, 0.29) is 6.29 Å². The van der Waals surface area contributed by atoms with E-state index in [4.69, 9.17) is 9.47 Å². The lowest BCUT2D eigenvalue weighted by Gasteiger charge is -1.98. The Morgan fingerprint density at radius 3 is 1.23 bits per heavy atom. The molecule has 1 unspecified atom stereocenters. The first-order valence-electron chi connectivity index (χ1n) is 11.2. The van der Waals surface area contributed by atoms with Crippen LogP contribution in [0.3, 0.4) is 0 Å². The molecule has 0 aromatic heterocycles. The highest BCUT2D eigenvalue weighted by molar-refractivity contribution is 5.62. The van der Waals surface area contributed by atoms with Gasteiger partial charge in [-0.05, 0) is 23.3 Å². The second-order valence-electron chi connectivity index (χ2n) is 6.34. The largest absolute Gasteiger partial charge is 0.462 e. The zero-order valence-electron chi connectivity index (χ0n) is 19.7. The topological polar surface area (TPSA) is 21.8 Å². The van der Waals surface area contributed by atoms with Crippen LogP contribution in [0.5, 0.6) is 5.75 Å². The Bertz CT molecular complexity index is 653. The van der Waals surface area contributed by atoms with E-state index >= 15 is 0 Å². The predicted molar refractivity (Wildman–Crippen MR) is 132 cm³/mol. The van der Waals surface area contributed by atoms with Crippen molar-refractivity contribution >= 4 is 0 Å². The van der Waals surface area contributed by atoms with E-state index in [1.54, 1.807) is 0 Å². The molecule has 3 aromatic carbocycles. The Labute approximate surface area is 184 Å². The van der Waals surface area contributed by atoms with Gasteiger partial charge in [-0.15, -0.1) is 0 Å². The highest BCUT2D eigenvalue weighted by Gasteiger charge is 2.24. The van der Waals surface area contributed by atoms with Crippen LogP contribution in [-0.4, -0.2) is 12.9 Å². The Morgan fingerprint density at radius 1 is 0.633 bits per heavy atom. The monoisotopic (exact) mass is 408 g/mol. The number of hydrogen-bond acceptors (Lipinski definition) is 2. The molecule has 1 fully saturated rings. The van der Waals surface area contributed by atoms with E-state index in [1.807, 2.05) is 56.3 Å². The van der Waals surface area contributed by atoms with E-state index in [9.17, 15) is 0 Å². The molecule has 164 valence electrons. The maximum absolute atomic E-state index is 5.30. The van der Waals surface area contributed by atoms with E-state index in [0.29, 0.717) is 0 Å². The van der Waals surface area contributed by atoms with Gasteiger partial charge in [0, 0.05) is 0 Å². The molecular weight excluding hydrogens is 368 g/mol. The highest BCUT2D eigenvalue weighted by Crippen LogP contribution is 2.18. The van der Waals surface area contributed by atoms with Crippen LogP contribution < -0.4 is 4.74 Å². The first-order chi connectivity index (χ1) is 14.7. The third-order valence-corrected chi connectivity index (χ3v) is 3.19. The average Bonchev–Trinajstić information content (AvgIpc) is 3.63. The van der Waals surface area contributed by atoms with Gasteiger partial charge in [0.05, 0.1) is 0 Å². The molecule has 30 heavy (non-hydrogen) atoms. The molecule has 3 aromatic rings. The van der Waals surface area contributed by atoms with E-state index < -0.39 is 0 Å². The molecule has 0 amide bonds. The predicted octanol–water partition coefficient (Wildman–Crippen LogP) is 8.63. The summed E-state index contributed by atoms with van der Waals surface area (Å²) in [5.41, 5.74) is 2.55. The van der Waals surface area contributed by atoms with Crippen molar-refractivity contribution in [1.29, 1.82) is 0 Å². The van der Waals surface area contributed by atoms with Crippen LogP contribution in [-0.2, 0) is 4.74 Å². The van der Waals surface area contributed by atoms with Gasteiger partial charge in [-0.1, -0.05) is 133 Å². The third-order valence-electron chi connectivity index (χ3n) is 3.19. The smallest absolute Gasteiger partial charge is 0.223 e. The highest BCUT2D eigenvalue weighted by atomic mass is 16.8. The summed E-state index contributed by atoms with van der Waals surface area (Å²) in [5.74, 6) is 0.880. The van der Waals surface area contributed by atoms with Crippen molar-refractivity contribution in [2.45, 2.75) is 60.7 Å². The van der Waals surface area contributed by atoms with Crippen molar-refractivity contribution in [3.8, 4) is 16.9 Å². The van der Waals surface area contributed by atoms with Crippen LogP contribution in [0.2, 0.25) is 0 Å². The maximum Gasteiger partial charge on any atom is 0.223 e. The zero-order valence-corrected chi connectivity index (χ0v) is 19.7. The van der Waals surface area contributed by atoms with Crippen molar-refractivity contribution < 1.29 is 9.47 Å². The molecule has 1 saturated heterocycles. The molecule has 0 aliphatic carbocycles. The van der Waals surface area contributed by atoms with Crippen LogP contribution in [0.4, 0.5) is 0 Å². The Hall–Kier alpha value is -2.58. The molecule has 1 aliphatic rings. The van der Waals surface area contributed by atoms with Crippen LogP contribution in [0.25, 0.3) is 11.1 Å². The van der Waals surface area contributed by atoms with E-state index in [0.717, 1.165) is 12.4 Å². The summed E-state index contributed by atoms with van der Waals surface area (Å²) in [6.45, 7) is 13.2. The van der Waals surface area contributed by atoms with Crippen LogP contribution in [0, 0.1) is 0 Å². The van der Waals surface area contributed by atoms with Crippen molar-refractivity contribution in [1.82, 2.24) is 0 Å². The van der Waals surface area contributed by atoms with Gasteiger partial charge < -0.3 is 9.47 Å². The molecule has 1 aliphatic heterocycles. The third kappa shape index (κ3) is 14.4. The van der Waals surface area contributed by atoms with Gasteiger partial charge in [0.1, 0.15) is 12.4 Å². The first kappa shape index (κ1) is 27.4. The molecular formula is C28H40O2. The summed E-state index contributed by atoms with van der Waals surface area (Å²) >= 11 is 0. The maximum atomic E-state index is 5.30. The molecule has 0 saturated carbocycles. The lowest BCUT2D eigenvalue weighted by molar-refractivity contribution is 0.179. The van der Waals surface area contributed by atoms with Gasteiger partial charge in [0.25, 0.3) is 0 Å². The first-order valence-corrected chi connectivity index (χ1v) is 11.2. The normalized spacial score (nSPS) is 12.7. The molecule has 1 atom stereocenters.